The summed E-state index contributed by atoms with van der Waals surface area (Å²) in [5, 5.41) is 13.0. The Kier molecular flexibility index (Phi) is 2.82. The normalized spacial score (nSPS) is 27.3. The van der Waals surface area contributed by atoms with Crippen molar-refractivity contribution in [3.05, 3.63) is 41.9 Å². The molecule has 1 unspecified atom stereocenters. The molecule has 2 aliphatic rings. The van der Waals surface area contributed by atoms with Crippen LogP contribution in [0.3, 0.4) is 0 Å². The minimum absolute atomic E-state index is 0.584. The number of nitrogens with one attached hydrogen (secondary N) is 1. The van der Waals surface area contributed by atoms with Crippen LogP contribution in [-0.4, -0.2) is 49.7 Å². The highest BCUT2D eigenvalue weighted by Crippen LogP contribution is 2.44. The Balaban J connectivity index is 1.52. The van der Waals surface area contributed by atoms with Crippen LogP contribution in [0.2, 0.25) is 0 Å². The Morgan fingerprint density at radius 1 is 1.35 bits per heavy atom. The summed E-state index contributed by atoms with van der Waals surface area (Å²) in [6.07, 6.45) is 6.28. The summed E-state index contributed by atoms with van der Waals surface area (Å²) in [6, 6.07) is 7.30. The van der Waals surface area contributed by atoms with Crippen LogP contribution >= 0.6 is 0 Å². The number of nitrogens with zero attached hydrogens (tertiary/aromatic N) is 5. The molecule has 1 aliphatic heterocycles. The minimum Gasteiger partial charge on any atom is -0.361 e. The van der Waals surface area contributed by atoms with E-state index in [2.05, 4.69) is 56.9 Å². The molecule has 0 amide bonds. The smallest absolute Gasteiger partial charge is 0.138 e. The molecule has 3 heterocycles. The molecule has 1 fully saturated rings. The van der Waals surface area contributed by atoms with Crippen molar-refractivity contribution >= 4 is 10.9 Å². The number of rotatable bonds is 2. The Labute approximate surface area is 134 Å². The summed E-state index contributed by atoms with van der Waals surface area (Å²) in [5.74, 6) is 1.18. The van der Waals surface area contributed by atoms with E-state index in [1.807, 2.05) is 4.68 Å². The fourth-order valence-corrected chi connectivity index (χ4v) is 4.71. The molecular formula is C17H20N6. The number of H-pyrrole nitrogens is 1. The predicted molar refractivity (Wildman–Crippen MR) is 87.1 cm³/mol. The van der Waals surface area contributed by atoms with Gasteiger partial charge in [0, 0.05) is 42.1 Å². The van der Waals surface area contributed by atoms with Gasteiger partial charge in [0.2, 0.25) is 0 Å². The molecule has 6 nitrogen and oxygen atoms in total. The second kappa shape index (κ2) is 4.89. The second-order valence-electron chi connectivity index (χ2n) is 7.03. The van der Waals surface area contributed by atoms with Crippen LogP contribution in [0.5, 0.6) is 0 Å². The number of benzene rings is 1. The van der Waals surface area contributed by atoms with Gasteiger partial charge in [-0.05, 0) is 53.4 Å². The molecule has 1 aromatic carbocycles. The van der Waals surface area contributed by atoms with Gasteiger partial charge >= 0.3 is 0 Å². The predicted octanol–water partition coefficient (Wildman–Crippen LogP) is 1.81. The number of likely N-dealkylation sites (tertiary alicyclic amines) is 1. The van der Waals surface area contributed by atoms with E-state index < -0.39 is 0 Å². The molecular weight excluding hydrogens is 288 g/mol. The van der Waals surface area contributed by atoms with E-state index >= 15 is 0 Å². The van der Waals surface area contributed by atoms with Crippen molar-refractivity contribution in [2.45, 2.75) is 31.3 Å². The number of hydrogen-bond acceptors (Lipinski definition) is 4. The molecule has 0 bridgehead atoms. The summed E-state index contributed by atoms with van der Waals surface area (Å²) in [5.41, 5.74) is 4.27. The molecule has 23 heavy (non-hydrogen) atoms. The highest BCUT2D eigenvalue weighted by molar-refractivity contribution is 5.88. The van der Waals surface area contributed by atoms with Gasteiger partial charge in [-0.3, -0.25) is 0 Å². The summed E-state index contributed by atoms with van der Waals surface area (Å²) < 4.78 is 1.87. The fraction of sp³-hybridized carbons (Fsp3) is 0.471. The lowest BCUT2D eigenvalue weighted by Crippen LogP contribution is -2.48. The quantitative estimate of drug-likeness (QED) is 0.784. The summed E-state index contributed by atoms with van der Waals surface area (Å²) in [4.78, 5) is 5.98. The molecule has 118 valence electrons. The molecule has 0 radical (unpaired) electrons. The molecule has 3 aromatic rings. The molecule has 2 aromatic heterocycles. The Morgan fingerprint density at radius 2 is 2.30 bits per heavy atom. The van der Waals surface area contributed by atoms with Gasteiger partial charge in [0.1, 0.15) is 6.33 Å². The van der Waals surface area contributed by atoms with Crippen LogP contribution < -0.4 is 0 Å². The van der Waals surface area contributed by atoms with Crippen molar-refractivity contribution in [3.63, 3.8) is 0 Å². The van der Waals surface area contributed by atoms with E-state index in [-0.39, 0.29) is 0 Å². The van der Waals surface area contributed by atoms with Crippen molar-refractivity contribution < 1.29 is 0 Å². The highest BCUT2D eigenvalue weighted by atomic mass is 15.5. The maximum Gasteiger partial charge on any atom is 0.138 e. The lowest BCUT2D eigenvalue weighted by atomic mass is 9.72. The second-order valence-corrected chi connectivity index (χ2v) is 7.03. The highest BCUT2D eigenvalue weighted by Gasteiger charge is 2.39. The Hall–Kier alpha value is -2.21. The number of fused-ring (bicyclic) bond motifs is 2. The van der Waals surface area contributed by atoms with Crippen molar-refractivity contribution in [2.24, 2.45) is 5.92 Å². The van der Waals surface area contributed by atoms with Crippen LogP contribution in [0.25, 0.3) is 10.9 Å². The summed E-state index contributed by atoms with van der Waals surface area (Å²) in [7, 11) is 2.27. The number of piperidine rings is 1. The number of tetrazole rings is 1. The average Bonchev–Trinajstić information content (AvgIpc) is 3.20. The monoisotopic (exact) mass is 308 g/mol. The van der Waals surface area contributed by atoms with E-state index in [1.165, 1.54) is 28.5 Å². The van der Waals surface area contributed by atoms with Crippen molar-refractivity contribution in [1.82, 2.24) is 30.1 Å². The van der Waals surface area contributed by atoms with E-state index in [1.54, 1.807) is 6.33 Å². The third kappa shape index (κ3) is 2.01. The first-order valence-electron chi connectivity index (χ1n) is 8.29. The van der Waals surface area contributed by atoms with Gasteiger partial charge in [0.15, 0.2) is 0 Å². The SMILES string of the molecule is CN1CC(Cn2cnnn2)C[C@@H]2c3cccc4[nH]cc(c34)C[C@H]21. The van der Waals surface area contributed by atoms with Gasteiger partial charge in [-0.2, -0.15) is 0 Å². The van der Waals surface area contributed by atoms with Gasteiger partial charge in [0.25, 0.3) is 0 Å². The van der Waals surface area contributed by atoms with Crippen LogP contribution in [0, 0.1) is 5.92 Å². The lowest BCUT2D eigenvalue weighted by molar-refractivity contribution is 0.101. The first-order valence-corrected chi connectivity index (χ1v) is 8.29. The number of aromatic amines is 1. The van der Waals surface area contributed by atoms with Crippen molar-refractivity contribution in [1.29, 1.82) is 0 Å². The van der Waals surface area contributed by atoms with Crippen molar-refractivity contribution in [3.8, 4) is 0 Å². The first kappa shape index (κ1) is 13.2. The first-order chi connectivity index (χ1) is 11.3. The molecule has 0 spiro atoms. The molecule has 6 heteroatoms. The molecule has 3 atom stereocenters. The molecule has 1 N–H and O–H groups in total. The lowest BCUT2D eigenvalue weighted by Gasteiger charge is -2.45. The minimum atomic E-state index is 0.584. The number of aromatic nitrogens is 5. The largest absolute Gasteiger partial charge is 0.361 e. The number of likely N-dealkylation sites (N-methyl/N-ethyl adjacent to an activating group) is 1. The van der Waals surface area contributed by atoms with Gasteiger partial charge in [0.05, 0.1) is 0 Å². The molecule has 1 saturated heterocycles. The van der Waals surface area contributed by atoms with Crippen LogP contribution in [0.1, 0.15) is 23.5 Å². The zero-order valence-electron chi connectivity index (χ0n) is 13.2. The van der Waals surface area contributed by atoms with Gasteiger partial charge in [-0.25, -0.2) is 4.68 Å². The molecule has 0 saturated carbocycles. The molecule has 1 aliphatic carbocycles. The van der Waals surface area contributed by atoms with E-state index in [9.17, 15) is 0 Å². The fourth-order valence-electron chi connectivity index (χ4n) is 4.71. The zero-order chi connectivity index (χ0) is 15.4. The third-order valence-electron chi connectivity index (χ3n) is 5.65. The Morgan fingerprint density at radius 3 is 3.17 bits per heavy atom. The average molecular weight is 308 g/mol. The van der Waals surface area contributed by atoms with Crippen LogP contribution in [0.4, 0.5) is 0 Å². The van der Waals surface area contributed by atoms with E-state index in [0.717, 1.165) is 19.5 Å². The van der Waals surface area contributed by atoms with Gasteiger partial charge in [-0.1, -0.05) is 12.1 Å². The Bertz CT molecular complexity index is 836. The maximum absolute atomic E-state index is 4.04. The molecule has 5 rings (SSSR count). The van der Waals surface area contributed by atoms with E-state index in [4.69, 9.17) is 0 Å². The third-order valence-corrected chi connectivity index (χ3v) is 5.65. The van der Waals surface area contributed by atoms with Crippen LogP contribution in [0.15, 0.2) is 30.7 Å². The van der Waals surface area contributed by atoms with Gasteiger partial charge in [-0.15, -0.1) is 5.10 Å². The maximum atomic E-state index is 4.04. The zero-order valence-corrected chi connectivity index (χ0v) is 13.2. The van der Waals surface area contributed by atoms with E-state index in [0.29, 0.717) is 17.9 Å². The summed E-state index contributed by atoms with van der Waals surface area (Å²) in [6.45, 7) is 2.01. The van der Waals surface area contributed by atoms with Crippen molar-refractivity contribution in [2.75, 3.05) is 13.6 Å². The van der Waals surface area contributed by atoms with Gasteiger partial charge < -0.3 is 9.88 Å². The standard InChI is InChI=1S/C17H20N6/c1-22-8-11(9-23-10-19-20-21-23)5-14-13-3-2-4-15-17(13)12(7-18-15)6-16(14)22/h2-4,7,10-11,14,16,18H,5-6,8-9H2,1H3/t11?,14-,16-/m1/s1. The topological polar surface area (TPSA) is 62.6 Å². The summed E-state index contributed by atoms with van der Waals surface area (Å²) >= 11 is 0. The van der Waals surface area contributed by atoms with Crippen LogP contribution in [-0.2, 0) is 13.0 Å². The number of hydrogen-bond donors (Lipinski definition) is 1.